The van der Waals surface area contributed by atoms with E-state index < -0.39 is 21.3 Å². The Morgan fingerprint density at radius 2 is 1.62 bits per heavy atom. The van der Waals surface area contributed by atoms with Gasteiger partial charge >= 0.3 is 57.4 Å². The van der Waals surface area contributed by atoms with Gasteiger partial charge in [-0.3, -0.25) is 4.90 Å². The molecule has 1 aliphatic rings. The number of halogens is 1. The average molecular weight is 470 g/mol. The maximum absolute atomic E-state index is 12.5. The molecule has 1 heterocycles. The Morgan fingerprint density at radius 3 is 2.03 bits per heavy atom. The van der Waals surface area contributed by atoms with Crippen LogP contribution in [-0.2, 0) is 10.0 Å². The van der Waals surface area contributed by atoms with Crippen LogP contribution in [0, 0.1) is 0 Å². The SMILES string of the molecule is CCC(C)N1CC(S(=O)(=O)NC(=O)Nc2c(C(C)C)cc(Cl)cc2C(C)C)C1.[KH]. The van der Waals surface area contributed by atoms with Gasteiger partial charge in [0, 0.05) is 29.8 Å². The summed E-state index contributed by atoms with van der Waals surface area (Å²) in [5.41, 5.74) is 2.41. The van der Waals surface area contributed by atoms with Gasteiger partial charge in [0.25, 0.3) is 0 Å². The summed E-state index contributed by atoms with van der Waals surface area (Å²) in [7, 11) is -3.72. The van der Waals surface area contributed by atoms with Crippen LogP contribution in [0.1, 0.15) is 70.9 Å². The normalized spacial score (nSPS) is 16.3. The van der Waals surface area contributed by atoms with Gasteiger partial charge in [-0.15, -0.1) is 0 Å². The van der Waals surface area contributed by atoms with E-state index >= 15 is 0 Å². The number of urea groups is 1. The molecule has 0 aromatic heterocycles. The first kappa shape index (κ1) is 27.4. The van der Waals surface area contributed by atoms with Gasteiger partial charge in [0.2, 0.25) is 10.0 Å². The summed E-state index contributed by atoms with van der Waals surface area (Å²) < 4.78 is 27.3. The first-order chi connectivity index (χ1) is 13.0. The van der Waals surface area contributed by atoms with Crippen LogP contribution in [0.4, 0.5) is 10.5 Å². The molecule has 6 nitrogen and oxygen atoms in total. The Bertz CT molecular complexity index is 795. The van der Waals surface area contributed by atoms with Crippen LogP contribution in [-0.4, -0.2) is 95.1 Å². The third kappa shape index (κ3) is 6.90. The number of sulfonamides is 1. The van der Waals surface area contributed by atoms with Gasteiger partial charge in [0.15, 0.2) is 0 Å². The zero-order valence-corrected chi connectivity index (χ0v) is 19.1. The molecule has 1 unspecified atom stereocenters. The summed E-state index contributed by atoms with van der Waals surface area (Å²) in [5, 5.41) is 2.81. The molecule has 1 aromatic carbocycles. The Kier molecular flexibility index (Phi) is 10.6. The minimum absolute atomic E-state index is 0. The van der Waals surface area contributed by atoms with E-state index in [1.807, 2.05) is 39.8 Å². The maximum atomic E-state index is 12.5. The first-order valence-corrected chi connectivity index (χ1v) is 11.8. The van der Waals surface area contributed by atoms with Crippen LogP contribution in [0.2, 0.25) is 5.02 Å². The first-order valence-electron chi connectivity index (χ1n) is 9.86. The second-order valence-electron chi connectivity index (χ2n) is 8.20. The molecule has 0 saturated carbocycles. The van der Waals surface area contributed by atoms with Gasteiger partial charge in [0.1, 0.15) is 5.25 Å². The van der Waals surface area contributed by atoms with Crippen LogP contribution in [0.25, 0.3) is 0 Å². The summed E-state index contributed by atoms with van der Waals surface area (Å²) >= 11 is 6.24. The van der Waals surface area contributed by atoms with Crippen LogP contribution < -0.4 is 10.0 Å². The van der Waals surface area contributed by atoms with E-state index in [1.54, 1.807) is 0 Å². The molecule has 29 heavy (non-hydrogen) atoms. The predicted molar refractivity (Wildman–Crippen MR) is 123 cm³/mol. The van der Waals surface area contributed by atoms with Crippen LogP contribution in [0.3, 0.4) is 0 Å². The molecule has 0 radical (unpaired) electrons. The number of amides is 2. The fourth-order valence-electron chi connectivity index (χ4n) is 3.34. The van der Waals surface area contributed by atoms with Crippen molar-refractivity contribution in [2.24, 2.45) is 0 Å². The molecule has 1 saturated heterocycles. The fourth-order valence-corrected chi connectivity index (χ4v) is 4.83. The number of likely N-dealkylation sites (tertiary alicyclic amines) is 1. The Morgan fingerprint density at radius 1 is 1.14 bits per heavy atom. The van der Waals surface area contributed by atoms with Crippen LogP contribution in [0.5, 0.6) is 0 Å². The molecule has 1 fully saturated rings. The van der Waals surface area contributed by atoms with Crippen molar-refractivity contribution in [3.05, 3.63) is 28.3 Å². The molecule has 1 aromatic rings. The van der Waals surface area contributed by atoms with Crippen molar-refractivity contribution in [2.45, 2.75) is 71.1 Å². The van der Waals surface area contributed by atoms with Crippen molar-refractivity contribution in [2.75, 3.05) is 18.4 Å². The molecule has 1 aliphatic heterocycles. The Labute approximate surface area is 223 Å². The van der Waals surface area contributed by atoms with E-state index in [1.165, 1.54) is 0 Å². The number of nitrogens with one attached hydrogen (secondary N) is 2. The quantitative estimate of drug-likeness (QED) is 0.594. The number of carbonyl (C=O) groups excluding carboxylic acids is 1. The molecule has 0 aliphatic carbocycles. The topological polar surface area (TPSA) is 78.5 Å². The molecule has 160 valence electrons. The number of hydrogen-bond acceptors (Lipinski definition) is 4. The Hall–Kier alpha value is 0.326. The average Bonchev–Trinajstić information content (AvgIpc) is 2.52. The van der Waals surface area contributed by atoms with E-state index in [2.05, 4.69) is 28.8 Å². The summed E-state index contributed by atoms with van der Waals surface area (Å²) in [5.74, 6) is 0.248. The minimum atomic E-state index is -3.72. The predicted octanol–water partition coefficient (Wildman–Crippen LogP) is 3.87. The fraction of sp³-hybridized carbons (Fsp3) is 0.650. The zero-order valence-electron chi connectivity index (χ0n) is 17.5. The molecule has 2 N–H and O–H groups in total. The second kappa shape index (κ2) is 11.3. The number of rotatable bonds is 7. The van der Waals surface area contributed by atoms with E-state index in [0.29, 0.717) is 29.8 Å². The number of carbonyl (C=O) groups is 1. The van der Waals surface area contributed by atoms with Gasteiger partial charge in [0.05, 0.1) is 0 Å². The second-order valence-corrected chi connectivity index (χ2v) is 10.6. The van der Waals surface area contributed by atoms with Gasteiger partial charge < -0.3 is 5.32 Å². The van der Waals surface area contributed by atoms with E-state index in [9.17, 15) is 13.2 Å². The van der Waals surface area contributed by atoms with E-state index in [4.69, 9.17) is 11.6 Å². The van der Waals surface area contributed by atoms with E-state index in [-0.39, 0.29) is 63.2 Å². The van der Waals surface area contributed by atoms with Gasteiger partial charge in [-0.2, -0.15) is 0 Å². The molecule has 0 bridgehead atoms. The van der Waals surface area contributed by atoms with Crippen molar-refractivity contribution in [3.8, 4) is 0 Å². The molecular formula is C20H33ClKN3O3S. The molecule has 1 atom stereocenters. The molecule has 0 spiro atoms. The van der Waals surface area contributed by atoms with Gasteiger partial charge in [-0.25, -0.2) is 17.9 Å². The van der Waals surface area contributed by atoms with Crippen molar-refractivity contribution in [3.63, 3.8) is 0 Å². The van der Waals surface area contributed by atoms with Gasteiger partial charge in [-0.05, 0) is 48.4 Å². The molecule has 9 heteroatoms. The third-order valence-corrected chi connectivity index (χ3v) is 7.27. The monoisotopic (exact) mass is 469 g/mol. The summed E-state index contributed by atoms with van der Waals surface area (Å²) in [6.07, 6.45) is 0.965. The number of benzene rings is 1. The Balaban J connectivity index is 0.00000420. The van der Waals surface area contributed by atoms with Crippen LogP contribution in [0.15, 0.2) is 12.1 Å². The third-order valence-electron chi connectivity index (χ3n) is 5.41. The van der Waals surface area contributed by atoms with Crippen molar-refractivity contribution in [1.29, 1.82) is 0 Å². The van der Waals surface area contributed by atoms with Crippen molar-refractivity contribution < 1.29 is 13.2 Å². The zero-order chi connectivity index (χ0) is 21.2. The van der Waals surface area contributed by atoms with E-state index in [0.717, 1.165) is 17.5 Å². The van der Waals surface area contributed by atoms with Gasteiger partial charge in [-0.1, -0.05) is 46.2 Å². The molecule has 2 rings (SSSR count). The summed E-state index contributed by atoms with van der Waals surface area (Å²) in [6.45, 7) is 13.1. The van der Waals surface area contributed by atoms with Crippen molar-refractivity contribution >= 4 is 84.7 Å². The van der Waals surface area contributed by atoms with Crippen LogP contribution >= 0.6 is 11.6 Å². The number of anilines is 1. The summed E-state index contributed by atoms with van der Waals surface area (Å²) in [4.78, 5) is 14.6. The number of hydrogen-bond donors (Lipinski definition) is 2. The standard InChI is InChI=1S/C20H32ClN3O3S.K.H/c1-7-14(6)24-10-16(11-24)28(26,27)23-20(25)22-19-17(12(2)3)8-15(21)9-18(19)13(4)5;;/h8-9,12-14,16H,7,10-11H2,1-6H3,(H2,22,23,25);;. The van der Waals surface area contributed by atoms with Crippen molar-refractivity contribution in [1.82, 2.24) is 9.62 Å². The molecule has 2 amide bonds. The summed E-state index contributed by atoms with van der Waals surface area (Å²) in [6, 6.07) is 3.25. The molecular weight excluding hydrogens is 437 g/mol. The number of nitrogens with zero attached hydrogens (tertiary/aromatic N) is 1.